The van der Waals surface area contributed by atoms with Crippen molar-refractivity contribution < 1.29 is 4.42 Å². The van der Waals surface area contributed by atoms with E-state index < -0.39 is 0 Å². The Morgan fingerprint density at radius 3 is 2.85 bits per heavy atom. The number of rotatable bonds is 5. The summed E-state index contributed by atoms with van der Waals surface area (Å²) in [5.41, 5.74) is 2.78. The zero-order valence-corrected chi connectivity index (χ0v) is 8.29. The summed E-state index contributed by atoms with van der Waals surface area (Å²) in [7, 11) is 0. The zero-order valence-electron chi connectivity index (χ0n) is 8.29. The summed E-state index contributed by atoms with van der Waals surface area (Å²) in [6, 6.07) is 3.98. The summed E-state index contributed by atoms with van der Waals surface area (Å²) < 4.78 is 5.29. The molecule has 1 aromatic heterocycles. The Morgan fingerprint density at radius 2 is 2.38 bits per heavy atom. The first-order chi connectivity index (χ1) is 6.27. The molecule has 74 valence electrons. The third-order valence-corrected chi connectivity index (χ3v) is 2.42. The summed E-state index contributed by atoms with van der Waals surface area (Å²) in [5, 5.41) is 0. The van der Waals surface area contributed by atoms with Crippen molar-refractivity contribution in [1.82, 2.24) is 5.43 Å². The molecule has 0 saturated carbocycles. The predicted molar refractivity (Wildman–Crippen MR) is 52.8 cm³/mol. The molecule has 0 radical (unpaired) electrons. The smallest absolute Gasteiger partial charge is 0.122 e. The average molecular weight is 182 g/mol. The van der Waals surface area contributed by atoms with Crippen LogP contribution in [-0.4, -0.2) is 0 Å². The summed E-state index contributed by atoms with van der Waals surface area (Å²) >= 11 is 0. The van der Waals surface area contributed by atoms with E-state index in [1.807, 2.05) is 12.1 Å². The summed E-state index contributed by atoms with van der Waals surface area (Å²) in [5.74, 6) is 7.03. The lowest BCUT2D eigenvalue weighted by Crippen LogP contribution is -2.28. The minimum absolute atomic E-state index is 0.143. The molecule has 1 aromatic rings. The van der Waals surface area contributed by atoms with Crippen LogP contribution in [0.2, 0.25) is 0 Å². The highest BCUT2D eigenvalue weighted by molar-refractivity contribution is 5.03. The van der Waals surface area contributed by atoms with Crippen LogP contribution < -0.4 is 11.3 Å². The summed E-state index contributed by atoms with van der Waals surface area (Å²) in [4.78, 5) is 0. The van der Waals surface area contributed by atoms with Gasteiger partial charge in [0.05, 0.1) is 12.3 Å². The maximum absolute atomic E-state index is 5.46. The molecule has 3 nitrogen and oxygen atoms in total. The van der Waals surface area contributed by atoms with Crippen LogP contribution in [0.4, 0.5) is 0 Å². The molecule has 1 rings (SSSR count). The van der Waals surface area contributed by atoms with Gasteiger partial charge in [-0.15, -0.1) is 0 Å². The van der Waals surface area contributed by atoms with E-state index in [1.54, 1.807) is 6.26 Å². The summed E-state index contributed by atoms with van der Waals surface area (Å²) in [6.45, 7) is 4.40. The maximum atomic E-state index is 5.46. The van der Waals surface area contributed by atoms with Crippen molar-refractivity contribution in [2.45, 2.75) is 32.7 Å². The van der Waals surface area contributed by atoms with Crippen LogP contribution in [0.25, 0.3) is 0 Å². The maximum Gasteiger partial charge on any atom is 0.122 e. The topological polar surface area (TPSA) is 51.2 Å². The lowest BCUT2D eigenvalue weighted by Gasteiger charge is -2.16. The average Bonchev–Trinajstić information content (AvgIpc) is 2.66. The molecular weight excluding hydrogens is 164 g/mol. The van der Waals surface area contributed by atoms with Gasteiger partial charge in [-0.1, -0.05) is 20.3 Å². The monoisotopic (exact) mass is 182 g/mol. The van der Waals surface area contributed by atoms with E-state index in [-0.39, 0.29) is 6.04 Å². The number of hydrogen-bond donors (Lipinski definition) is 2. The van der Waals surface area contributed by atoms with Gasteiger partial charge in [0.2, 0.25) is 0 Å². The Morgan fingerprint density at radius 1 is 1.62 bits per heavy atom. The first-order valence-corrected chi connectivity index (χ1v) is 4.77. The molecule has 3 N–H and O–H groups in total. The van der Waals surface area contributed by atoms with E-state index in [4.69, 9.17) is 10.3 Å². The van der Waals surface area contributed by atoms with E-state index in [1.165, 1.54) is 6.42 Å². The third kappa shape index (κ3) is 2.86. The van der Waals surface area contributed by atoms with Gasteiger partial charge in [-0.2, -0.15) is 0 Å². The molecule has 2 atom stereocenters. The minimum Gasteiger partial charge on any atom is -0.468 e. The van der Waals surface area contributed by atoms with Gasteiger partial charge < -0.3 is 4.42 Å². The minimum atomic E-state index is 0.143. The molecule has 0 bridgehead atoms. The fraction of sp³-hybridized carbons (Fsp3) is 0.600. The van der Waals surface area contributed by atoms with E-state index in [0.29, 0.717) is 5.92 Å². The molecule has 0 fully saturated rings. The standard InChI is InChI=1S/C10H18N2O/c1-3-8(2)7-9(12-11)10-5-4-6-13-10/h4-6,8-9,12H,3,7,11H2,1-2H3. The second-order valence-electron chi connectivity index (χ2n) is 3.48. The highest BCUT2D eigenvalue weighted by atomic mass is 16.3. The fourth-order valence-corrected chi connectivity index (χ4v) is 1.32. The first-order valence-electron chi connectivity index (χ1n) is 4.77. The van der Waals surface area contributed by atoms with Gasteiger partial charge in [0.25, 0.3) is 0 Å². The van der Waals surface area contributed by atoms with E-state index in [2.05, 4.69) is 19.3 Å². The number of hydrogen-bond acceptors (Lipinski definition) is 3. The van der Waals surface area contributed by atoms with Crippen LogP contribution >= 0.6 is 0 Å². The quantitative estimate of drug-likeness (QED) is 0.542. The highest BCUT2D eigenvalue weighted by Crippen LogP contribution is 2.22. The molecular formula is C10H18N2O. The Kier molecular flexibility index (Phi) is 3.99. The summed E-state index contributed by atoms with van der Waals surface area (Å²) in [6.07, 6.45) is 3.86. The molecule has 0 aliphatic heterocycles. The Balaban J connectivity index is 2.53. The predicted octanol–water partition coefficient (Wildman–Crippen LogP) is 2.22. The Bertz CT molecular complexity index is 221. The van der Waals surface area contributed by atoms with Crippen LogP contribution in [0.1, 0.15) is 38.5 Å². The van der Waals surface area contributed by atoms with Crippen LogP contribution in [0.5, 0.6) is 0 Å². The number of hydrazine groups is 1. The van der Waals surface area contributed by atoms with Crippen molar-refractivity contribution in [2.75, 3.05) is 0 Å². The molecule has 0 amide bonds. The van der Waals surface area contributed by atoms with Gasteiger partial charge >= 0.3 is 0 Å². The molecule has 13 heavy (non-hydrogen) atoms. The Hall–Kier alpha value is -0.800. The van der Waals surface area contributed by atoms with Gasteiger partial charge in [-0.3, -0.25) is 5.84 Å². The number of nitrogens with one attached hydrogen (secondary N) is 1. The van der Waals surface area contributed by atoms with Crippen molar-refractivity contribution in [3.63, 3.8) is 0 Å². The fourth-order valence-electron chi connectivity index (χ4n) is 1.32. The first kappa shape index (κ1) is 10.3. The van der Waals surface area contributed by atoms with Crippen molar-refractivity contribution in [3.05, 3.63) is 24.2 Å². The number of nitrogens with two attached hydrogens (primary N) is 1. The van der Waals surface area contributed by atoms with Crippen molar-refractivity contribution >= 4 is 0 Å². The number of furan rings is 1. The van der Waals surface area contributed by atoms with Crippen LogP contribution in [-0.2, 0) is 0 Å². The second kappa shape index (κ2) is 5.04. The van der Waals surface area contributed by atoms with Gasteiger partial charge in [-0.05, 0) is 24.5 Å². The van der Waals surface area contributed by atoms with Crippen molar-refractivity contribution in [2.24, 2.45) is 11.8 Å². The van der Waals surface area contributed by atoms with Crippen LogP contribution in [0, 0.1) is 5.92 Å². The molecule has 0 aliphatic rings. The van der Waals surface area contributed by atoms with Gasteiger partial charge in [-0.25, -0.2) is 5.43 Å². The molecule has 0 aliphatic carbocycles. The SMILES string of the molecule is CCC(C)CC(NN)c1ccco1. The van der Waals surface area contributed by atoms with Gasteiger partial charge in [0.1, 0.15) is 5.76 Å². The molecule has 1 heterocycles. The normalized spacial score (nSPS) is 15.6. The molecule has 2 unspecified atom stereocenters. The van der Waals surface area contributed by atoms with Crippen LogP contribution in [0.3, 0.4) is 0 Å². The van der Waals surface area contributed by atoms with E-state index in [9.17, 15) is 0 Å². The zero-order chi connectivity index (χ0) is 9.68. The molecule has 0 saturated heterocycles. The molecule has 3 heteroatoms. The Labute approximate surface area is 79.3 Å². The van der Waals surface area contributed by atoms with Gasteiger partial charge in [0, 0.05) is 0 Å². The third-order valence-electron chi connectivity index (χ3n) is 2.42. The lowest BCUT2D eigenvalue weighted by atomic mass is 9.98. The van der Waals surface area contributed by atoms with Gasteiger partial charge in [0.15, 0.2) is 0 Å². The lowest BCUT2D eigenvalue weighted by molar-refractivity contribution is 0.350. The second-order valence-corrected chi connectivity index (χ2v) is 3.48. The van der Waals surface area contributed by atoms with E-state index >= 15 is 0 Å². The van der Waals surface area contributed by atoms with Crippen LogP contribution in [0.15, 0.2) is 22.8 Å². The van der Waals surface area contributed by atoms with E-state index in [0.717, 1.165) is 12.2 Å². The van der Waals surface area contributed by atoms with Crippen molar-refractivity contribution in [1.29, 1.82) is 0 Å². The molecule has 0 spiro atoms. The van der Waals surface area contributed by atoms with Crippen molar-refractivity contribution in [3.8, 4) is 0 Å². The molecule has 0 aromatic carbocycles. The highest BCUT2D eigenvalue weighted by Gasteiger charge is 2.14. The largest absolute Gasteiger partial charge is 0.468 e.